The van der Waals surface area contributed by atoms with E-state index < -0.39 is 12.5 Å². The molecule has 0 saturated carbocycles. The largest absolute Gasteiger partial charge is 0.490 e. The molecule has 10 heteroatoms. The molecule has 34 heavy (non-hydrogen) atoms. The second-order valence-electron chi connectivity index (χ2n) is 7.33. The molecular formula is C24H20F2IN3O4. The van der Waals surface area contributed by atoms with Crippen LogP contribution in [-0.2, 0) is 0 Å². The van der Waals surface area contributed by atoms with E-state index in [1.165, 1.54) is 12.1 Å². The molecule has 0 amide bonds. The summed E-state index contributed by atoms with van der Waals surface area (Å²) in [5.41, 5.74) is 1.84. The third-order valence-corrected chi connectivity index (χ3v) is 6.32. The van der Waals surface area contributed by atoms with Crippen LogP contribution >= 0.6 is 22.6 Å². The summed E-state index contributed by atoms with van der Waals surface area (Å²) in [6, 6.07) is 13.6. The smallest absolute Gasteiger partial charge is 0.200 e. The number of hydrogen-bond acceptors (Lipinski definition) is 6. The molecule has 7 nitrogen and oxygen atoms in total. The van der Waals surface area contributed by atoms with E-state index in [4.69, 9.17) is 23.9 Å². The Morgan fingerprint density at radius 2 is 1.94 bits per heavy atom. The highest BCUT2D eigenvalue weighted by Crippen LogP contribution is 2.41. The van der Waals surface area contributed by atoms with E-state index >= 15 is 4.39 Å². The average Bonchev–Trinajstić information content (AvgIpc) is 3.21. The molecule has 0 aliphatic carbocycles. The molecule has 4 aromatic rings. The number of rotatable bonds is 7. The molecule has 3 heterocycles. The number of alkyl halides is 1. The first-order valence-electron chi connectivity index (χ1n) is 10.5. The monoisotopic (exact) mass is 579 g/mol. The first kappa shape index (κ1) is 22.5. The van der Waals surface area contributed by atoms with Crippen molar-refractivity contribution >= 4 is 39.7 Å². The molecule has 0 spiro atoms. The number of fused-ring (bicyclic) bond motifs is 2. The van der Waals surface area contributed by atoms with Crippen LogP contribution in [0.4, 0.5) is 20.3 Å². The molecule has 0 atom stereocenters. The van der Waals surface area contributed by atoms with Crippen molar-refractivity contribution in [3.05, 3.63) is 57.9 Å². The molecule has 5 rings (SSSR count). The van der Waals surface area contributed by atoms with Gasteiger partial charge in [0.15, 0.2) is 11.5 Å². The van der Waals surface area contributed by atoms with E-state index in [0.717, 1.165) is 0 Å². The van der Waals surface area contributed by atoms with Crippen LogP contribution in [0, 0.1) is 9.39 Å². The molecule has 1 aliphatic rings. The fraction of sp³-hybridized carbons (Fsp3) is 0.208. The predicted octanol–water partition coefficient (Wildman–Crippen LogP) is 5.62. The molecule has 1 N–H and O–H groups in total. The first-order chi connectivity index (χ1) is 16.6. The van der Waals surface area contributed by atoms with Crippen molar-refractivity contribution in [3.63, 3.8) is 0 Å². The SMILES string of the molecule is COc1cccc2nc(-c3c(F)ccc(OCCF)c3I)c(Nc3ccc4c(c3)OCCO4)n12. The fourth-order valence-corrected chi connectivity index (χ4v) is 4.63. The van der Waals surface area contributed by atoms with Crippen LogP contribution in [0.5, 0.6) is 23.1 Å². The summed E-state index contributed by atoms with van der Waals surface area (Å²) in [5, 5.41) is 3.35. The van der Waals surface area contributed by atoms with E-state index in [1.807, 2.05) is 40.8 Å². The Morgan fingerprint density at radius 3 is 2.74 bits per heavy atom. The molecule has 0 bridgehead atoms. The summed E-state index contributed by atoms with van der Waals surface area (Å²) in [7, 11) is 1.55. The van der Waals surface area contributed by atoms with Crippen molar-refractivity contribution in [2.24, 2.45) is 0 Å². The summed E-state index contributed by atoms with van der Waals surface area (Å²) in [6.45, 7) is 0.181. The van der Waals surface area contributed by atoms with Crippen molar-refractivity contribution in [3.8, 4) is 34.4 Å². The quantitative estimate of drug-likeness (QED) is 0.287. The van der Waals surface area contributed by atoms with Gasteiger partial charge in [-0.1, -0.05) is 6.07 Å². The van der Waals surface area contributed by atoms with E-state index in [0.29, 0.717) is 62.8 Å². The molecule has 1 aliphatic heterocycles. The van der Waals surface area contributed by atoms with Gasteiger partial charge < -0.3 is 24.3 Å². The summed E-state index contributed by atoms with van der Waals surface area (Å²) >= 11 is 2.00. The van der Waals surface area contributed by atoms with E-state index in [-0.39, 0.29) is 12.2 Å². The minimum Gasteiger partial charge on any atom is -0.490 e. The van der Waals surface area contributed by atoms with Gasteiger partial charge in [-0.05, 0) is 59.0 Å². The van der Waals surface area contributed by atoms with Crippen LogP contribution in [0.25, 0.3) is 16.9 Å². The van der Waals surface area contributed by atoms with Crippen LogP contribution in [0.2, 0.25) is 0 Å². The van der Waals surface area contributed by atoms with Gasteiger partial charge in [0, 0.05) is 11.8 Å². The molecule has 0 unspecified atom stereocenters. The van der Waals surface area contributed by atoms with Gasteiger partial charge in [-0.15, -0.1) is 0 Å². The number of pyridine rings is 1. The number of imidazole rings is 1. The Morgan fingerprint density at radius 1 is 1.12 bits per heavy atom. The third-order valence-electron chi connectivity index (χ3n) is 5.25. The fourth-order valence-electron chi connectivity index (χ4n) is 3.78. The first-order valence-corrected chi connectivity index (χ1v) is 11.6. The van der Waals surface area contributed by atoms with Crippen LogP contribution in [0.1, 0.15) is 0 Å². The molecule has 0 fully saturated rings. The van der Waals surface area contributed by atoms with Crippen molar-refractivity contribution in [1.29, 1.82) is 0 Å². The Kier molecular flexibility index (Phi) is 6.31. The van der Waals surface area contributed by atoms with Crippen molar-refractivity contribution in [2.75, 3.05) is 38.9 Å². The number of ether oxygens (including phenoxy) is 4. The lowest BCUT2D eigenvalue weighted by molar-refractivity contribution is 0.171. The minimum absolute atomic E-state index is 0.123. The summed E-state index contributed by atoms with van der Waals surface area (Å²) in [4.78, 5) is 4.71. The molecule has 0 saturated heterocycles. The van der Waals surface area contributed by atoms with Gasteiger partial charge in [0.1, 0.15) is 55.2 Å². The minimum atomic E-state index is -0.648. The second kappa shape index (κ2) is 9.53. The van der Waals surface area contributed by atoms with Gasteiger partial charge in [-0.2, -0.15) is 0 Å². The van der Waals surface area contributed by atoms with Gasteiger partial charge in [0.2, 0.25) is 5.88 Å². The lowest BCUT2D eigenvalue weighted by Gasteiger charge is -2.19. The molecule has 2 aromatic heterocycles. The normalized spacial score (nSPS) is 12.6. The number of nitrogens with one attached hydrogen (secondary N) is 1. The average molecular weight is 579 g/mol. The van der Waals surface area contributed by atoms with Gasteiger partial charge in [-0.3, -0.25) is 0 Å². The van der Waals surface area contributed by atoms with Crippen LogP contribution < -0.4 is 24.3 Å². The lowest BCUT2D eigenvalue weighted by atomic mass is 10.1. The highest BCUT2D eigenvalue weighted by Gasteiger charge is 2.24. The van der Waals surface area contributed by atoms with Gasteiger partial charge in [0.05, 0.1) is 16.2 Å². The van der Waals surface area contributed by atoms with Gasteiger partial charge in [0.25, 0.3) is 0 Å². The Labute approximate surface area is 207 Å². The second-order valence-corrected chi connectivity index (χ2v) is 8.40. The van der Waals surface area contributed by atoms with E-state index in [9.17, 15) is 4.39 Å². The highest BCUT2D eigenvalue weighted by molar-refractivity contribution is 14.1. The van der Waals surface area contributed by atoms with Gasteiger partial charge in [-0.25, -0.2) is 18.2 Å². The van der Waals surface area contributed by atoms with Crippen molar-refractivity contribution in [1.82, 2.24) is 9.38 Å². The molecule has 2 aromatic carbocycles. The van der Waals surface area contributed by atoms with Crippen molar-refractivity contribution < 1.29 is 27.7 Å². The summed E-state index contributed by atoms with van der Waals surface area (Å²) in [5.74, 6) is 2.17. The maximum atomic E-state index is 15.2. The van der Waals surface area contributed by atoms with Crippen molar-refractivity contribution in [2.45, 2.75) is 0 Å². The number of methoxy groups -OCH3 is 1. The Bertz CT molecular complexity index is 1360. The summed E-state index contributed by atoms with van der Waals surface area (Å²) in [6.07, 6.45) is 0. The standard InChI is InChI=1S/C24H20F2IN3O4/c1-31-20-4-2-3-19-29-23(21-15(26)6-8-17(22(21)27)32-10-9-25)24(30(19)20)28-14-5-7-16-18(13-14)34-12-11-33-16/h2-8,13,28H,9-12H2,1H3. The number of nitrogens with zero attached hydrogens (tertiary/aromatic N) is 2. The zero-order valence-corrected chi connectivity index (χ0v) is 20.3. The zero-order valence-electron chi connectivity index (χ0n) is 18.1. The third kappa shape index (κ3) is 4.06. The Hall–Kier alpha value is -3.28. The number of anilines is 2. The van der Waals surface area contributed by atoms with E-state index in [1.54, 1.807) is 29.7 Å². The number of benzene rings is 2. The maximum absolute atomic E-state index is 15.2. The summed E-state index contributed by atoms with van der Waals surface area (Å²) < 4.78 is 52.5. The lowest BCUT2D eigenvalue weighted by Crippen LogP contribution is -2.15. The Balaban J connectivity index is 1.69. The molecule has 0 radical (unpaired) electrons. The van der Waals surface area contributed by atoms with E-state index in [2.05, 4.69) is 5.32 Å². The number of aromatic nitrogens is 2. The topological polar surface area (TPSA) is 66.2 Å². The molecular weight excluding hydrogens is 559 g/mol. The molecule has 176 valence electrons. The van der Waals surface area contributed by atoms with Crippen LogP contribution in [-0.4, -0.2) is 43.0 Å². The van der Waals surface area contributed by atoms with Crippen LogP contribution in [0.15, 0.2) is 48.5 Å². The number of halogens is 3. The van der Waals surface area contributed by atoms with Gasteiger partial charge >= 0.3 is 0 Å². The maximum Gasteiger partial charge on any atom is 0.200 e. The number of hydrogen-bond donors (Lipinski definition) is 1. The van der Waals surface area contributed by atoms with Crippen LogP contribution in [0.3, 0.4) is 0 Å². The predicted molar refractivity (Wildman–Crippen MR) is 132 cm³/mol. The zero-order chi connectivity index (χ0) is 23.7. The highest BCUT2D eigenvalue weighted by atomic mass is 127.